The predicted molar refractivity (Wildman–Crippen MR) is 49.3 cm³/mol. The minimum Gasteiger partial charge on any atom is -0.294 e. The van der Waals surface area contributed by atoms with E-state index < -0.39 is 5.54 Å². The molecule has 68 valence electrons. The fourth-order valence-electron chi connectivity index (χ4n) is 1.73. The fourth-order valence-corrected chi connectivity index (χ4v) is 1.73. The normalized spacial score (nSPS) is 24.9. The summed E-state index contributed by atoms with van der Waals surface area (Å²) in [5, 5.41) is 8.10. The molecule has 0 saturated carbocycles. The van der Waals surface area contributed by atoms with Crippen LogP contribution in [0.15, 0.2) is 33.7 Å². The monoisotopic (exact) mass is 176 g/mol. The fraction of sp³-hybridized carbons (Fsp3) is 0.500. The molecule has 0 aromatic heterocycles. The van der Waals surface area contributed by atoms with E-state index >= 15 is 0 Å². The van der Waals surface area contributed by atoms with Crippen LogP contribution in [0.3, 0.4) is 0 Å². The summed E-state index contributed by atoms with van der Waals surface area (Å²) < 4.78 is 0. The van der Waals surface area contributed by atoms with Gasteiger partial charge in [0.2, 0.25) is 0 Å². The lowest BCUT2D eigenvalue weighted by Gasteiger charge is -2.15. The zero-order valence-corrected chi connectivity index (χ0v) is 7.87. The van der Waals surface area contributed by atoms with E-state index in [1.165, 1.54) is 0 Å². The minimum absolute atomic E-state index is 0.190. The van der Waals surface area contributed by atoms with Crippen molar-refractivity contribution in [3.05, 3.63) is 23.4 Å². The second-order valence-electron chi connectivity index (χ2n) is 3.88. The molecule has 2 rings (SSSR count). The van der Waals surface area contributed by atoms with Gasteiger partial charge in [-0.2, -0.15) is 10.2 Å². The molecule has 0 N–H and O–H groups in total. The van der Waals surface area contributed by atoms with Gasteiger partial charge in [-0.25, -0.2) is 0 Å². The first-order chi connectivity index (χ1) is 6.11. The van der Waals surface area contributed by atoms with Gasteiger partial charge in [0.05, 0.1) is 11.3 Å². The molecule has 0 amide bonds. The first-order valence-electron chi connectivity index (χ1n) is 4.49. The van der Waals surface area contributed by atoms with E-state index in [9.17, 15) is 4.79 Å². The molecule has 0 aromatic carbocycles. The minimum atomic E-state index is -0.416. The number of carbonyl (C=O) groups excluding carboxylic acids is 1. The topological polar surface area (TPSA) is 41.8 Å². The van der Waals surface area contributed by atoms with Crippen molar-refractivity contribution in [3.63, 3.8) is 0 Å². The summed E-state index contributed by atoms with van der Waals surface area (Å²) in [4.78, 5) is 11.7. The molecule has 1 aliphatic carbocycles. The summed E-state index contributed by atoms with van der Waals surface area (Å²) >= 11 is 0. The van der Waals surface area contributed by atoms with Gasteiger partial charge in [-0.1, -0.05) is 6.08 Å². The Balaban J connectivity index is 2.51. The summed E-state index contributed by atoms with van der Waals surface area (Å²) in [6, 6.07) is 0. The first-order valence-corrected chi connectivity index (χ1v) is 4.49. The average molecular weight is 176 g/mol. The number of azo groups is 1. The van der Waals surface area contributed by atoms with Crippen LogP contribution in [0.25, 0.3) is 0 Å². The Bertz CT molecular complexity index is 344. The van der Waals surface area contributed by atoms with Crippen LogP contribution < -0.4 is 0 Å². The van der Waals surface area contributed by atoms with E-state index in [0.717, 1.165) is 17.7 Å². The predicted octanol–water partition coefficient (Wildman–Crippen LogP) is 2.40. The molecule has 1 heterocycles. The highest BCUT2D eigenvalue weighted by atomic mass is 16.1. The number of allylic oxidation sites excluding steroid dienone is 2. The lowest BCUT2D eigenvalue weighted by molar-refractivity contribution is -0.115. The van der Waals surface area contributed by atoms with Crippen molar-refractivity contribution in [1.29, 1.82) is 0 Å². The third kappa shape index (κ3) is 1.24. The van der Waals surface area contributed by atoms with Crippen molar-refractivity contribution in [3.8, 4) is 0 Å². The maximum Gasteiger partial charge on any atom is 0.163 e. The number of rotatable bonds is 0. The van der Waals surface area contributed by atoms with E-state index in [4.69, 9.17) is 0 Å². The van der Waals surface area contributed by atoms with Crippen molar-refractivity contribution >= 4 is 5.78 Å². The highest BCUT2D eigenvalue weighted by molar-refractivity contribution is 5.99. The van der Waals surface area contributed by atoms with Crippen LogP contribution in [-0.2, 0) is 4.79 Å². The zero-order chi connectivity index (χ0) is 9.47. The number of ketones is 1. The van der Waals surface area contributed by atoms with E-state index in [-0.39, 0.29) is 5.78 Å². The van der Waals surface area contributed by atoms with Crippen LogP contribution in [0.5, 0.6) is 0 Å². The maximum absolute atomic E-state index is 11.7. The van der Waals surface area contributed by atoms with Crippen LogP contribution in [0, 0.1) is 0 Å². The molecule has 0 aromatic rings. The van der Waals surface area contributed by atoms with E-state index in [2.05, 4.69) is 10.2 Å². The van der Waals surface area contributed by atoms with Gasteiger partial charge in [0.15, 0.2) is 5.78 Å². The molecule has 13 heavy (non-hydrogen) atoms. The molecule has 3 heteroatoms. The zero-order valence-electron chi connectivity index (χ0n) is 7.87. The molecule has 0 atom stereocenters. The Hall–Kier alpha value is -1.25. The molecule has 0 spiro atoms. The van der Waals surface area contributed by atoms with E-state index in [0.29, 0.717) is 6.42 Å². The van der Waals surface area contributed by atoms with Crippen LogP contribution >= 0.6 is 0 Å². The van der Waals surface area contributed by atoms with Crippen LogP contribution in [-0.4, -0.2) is 11.3 Å². The van der Waals surface area contributed by atoms with Gasteiger partial charge in [0.1, 0.15) is 5.54 Å². The van der Waals surface area contributed by atoms with Gasteiger partial charge in [-0.3, -0.25) is 4.79 Å². The maximum atomic E-state index is 11.7. The van der Waals surface area contributed by atoms with Gasteiger partial charge in [-0.05, 0) is 26.3 Å². The molecule has 0 saturated heterocycles. The largest absolute Gasteiger partial charge is 0.294 e. The molecule has 1 aliphatic heterocycles. The molecule has 0 fully saturated rings. The van der Waals surface area contributed by atoms with Crippen LogP contribution in [0.1, 0.15) is 26.7 Å². The number of hydrogen-bond acceptors (Lipinski definition) is 3. The van der Waals surface area contributed by atoms with E-state index in [1.807, 2.05) is 26.0 Å². The number of nitrogens with zero attached hydrogens (tertiary/aromatic N) is 2. The lowest BCUT2D eigenvalue weighted by atomic mass is 9.90. The summed E-state index contributed by atoms with van der Waals surface area (Å²) in [7, 11) is 0. The third-order valence-electron chi connectivity index (χ3n) is 2.37. The highest BCUT2D eigenvalue weighted by Crippen LogP contribution is 2.35. The Morgan fingerprint density at radius 3 is 3.00 bits per heavy atom. The molecular formula is C10H12N2O. The molecule has 3 nitrogen and oxygen atoms in total. The highest BCUT2D eigenvalue weighted by Gasteiger charge is 2.35. The second kappa shape index (κ2) is 2.62. The quantitative estimate of drug-likeness (QED) is 0.558. The summed E-state index contributed by atoms with van der Waals surface area (Å²) in [5.74, 6) is 0.190. The Morgan fingerprint density at radius 1 is 1.46 bits per heavy atom. The van der Waals surface area contributed by atoms with Gasteiger partial charge < -0.3 is 0 Å². The summed E-state index contributed by atoms with van der Waals surface area (Å²) in [5.41, 5.74) is 1.12. The Labute approximate surface area is 77.2 Å². The lowest BCUT2D eigenvalue weighted by Crippen LogP contribution is -2.23. The smallest absolute Gasteiger partial charge is 0.163 e. The molecular weight excluding hydrogens is 164 g/mol. The van der Waals surface area contributed by atoms with E-state index in [1.54, 1.807) is 0 Å². The number of Topliss-reactive ketones (excluding diaryl/α,β-unsaturated/α-hetero) is 1. The van der Waals surface area contributed by atoms with Gasteiger partial charge >= 0.3 is 0 Å². The Kier molecular flexibility index (Phi) is 1.68. The molecule has 2 aliphatic rings. The molecule has 0 bridgehead atoms. The SMILES string of the molecule is CC1(C)N=NC2=C1C(=O)CCC=C2. The molecule has 0 unspecified atom stereocenters. The Morgan fingerprint density at radius 2 is 2.23 bits per heavy atom. The van der Waals surface area contributed by atoms with Gasteiger partial charge in [-0.15, -0.1) is 0 Å². The van der Waals surface area contributed by atoms with Crippen molar-refractivity contribution < 1.29 is 4.79 Å². The first kappa shape index (κ1) is 8.35. The standard InChI is InChI=1S/C10H12N2O/c1-10(2)9-7(11-12-10)5-3-4-6-8(9)13/h3,5H,4,6H2,1-2H3. The van der Waals surface area contributed by atoms with Crippen molar-refractivity contribution in [2.75, 3.05) is 0 Å². The second-order valence-corrected chi connectivity index (χ2v) is 3.88. The summed E-state index contributed by atoms with van der Waals surface area (Å²) in [6.07, 6.45) is 5.29. The van der Waals surface area contributed by atoms with Crippen LogP contribution in [0.4, 0.5) is 0 Å². The number of hydrogen-bond donors (Lipinski definition) is 0. The average Bonchev–Trinajstić information content (AvgIpc) is 2.26. The van der Waals surface area contributed by atoms with Crippen molar-refractivity contribution in [1.82, 2.24) is 0 Å². The number of carbonyl (C=O) groups is 1. The van der Waals surface area contributed by atoms with Crippen molar-refractivity contribution in [2.45, 2.75) is 32.2 Å². The van der Waals surface area contributed by atoms with Gasteiger partial charge in [0.25, 0.3) is 0 Å². The summed E-state index contributed by atoms with van der Waals surface area (Å²) in [6.45, 7) is 3.85. The molecule has 0 radical (unpaired) electrons. The van der Waals surface area contributed by atoms with Gasteiger partial charge in [0, 0.05) is 6.42 Å². The van der Waals surface area contributed by atoms with Crippen molar-refractivity contribution in [2.24, 2.45) is 10.2 Å². The van der Waals surface area contributed by atoms with Crippen LogP contribution in [0.2, 0.25) is 0 Å². The third-order valence-corrected chi connectivity index (χ3v) is 2.37.